The number of likely N-dealkylation sites (tertiary alicyclic amines) is 1. The topological polar surface area (TPSA) is 70.7 Å². The summed E-state index contributed by atoms with van der Waals surface area (Å²) in [7, 11) is 1.59. The fraction of sp³-hybridized carbons (Fsp3) is 0.364. The van der Waals surface area contributed by atoms with E-state index in [1.165, 1.54) is 0 Å². The molecule has 0 spiro atoms. The molecule has 28 heavy (non-hydrogen) atoms. The van der Waals surface area contributed by atoms with Gasteiger partial charge in [0.2, 0.25) is 5.91 Å². The molecule has 1 aliphatic rings. The van der Waals surface area contributed by atoms with Gasteiger partial charge in [-0.3, -0.25) is 4.79 Å². The molecule has 1 fully saturated rings. The van der Waals surface area contributed by atoms with Gasteiger partial charge in [-0.05, 0) is 43.0 Å². The molecule has 0 radical (unpaired) electrons. The molecular formula is C22H27N3O3. The van der Waals surface area contributed by atoms with Gasteiger partial charge in [-0.1, -0.05) is 37.3 Å². The predicted octanol–water partition coefficient (Wildman–Crippen LogP) is 4.21. The van der Waals surface area contributed by atoms with Crippen molar-refractivity contribution in [3.8, 4) is 5.75 Å². The first kappa shape index (κ1) is 19.7. The van der Waals surface area contributed by atoms with E-state index in [4.69, 9.17) is 4.74 Å². The fourth-order valence-corrected chi connectivity index (χ4v) is 3.54. The highest BCUT2D eigenvalue weighted by Gasteiger charge is 2.30. The fourth-order valence-electron chi connectivity index (χ4n) is 3.54. The van der Waals surface area contributed by atoms with E-state index in [1.807, 2.05) is 66.4 Å². The van der Waals surface area contributed by atoms with E-state index in [2.05, 4.69) is 10.6 Å². The molecule has 1 aliphatic heterocycles. The number of rotatable bonds is 5. The van der Waals surface area contributed by atoms with Gasteiger partial charge in [0, 0.05) is 24.7 Å². The second kappa shape index (κ2) is 9.26. The number of nitrogens with one attached hydrogen (secondary N) is 2. The first-order valence-electron chi connectivity index (χ1n) is 9.63. The Morgan fingerprint density at radius 1 is 1.00 bits per heavy atom. The highest BCUT2D eigenvalue weighted by molar-refractivity contribution is 5.94. The molecule has 148 valence electrons. The molecule has 1 saturated heterocycles. The molecule has 2 aromatic carbocycles. The van der Waals surface area contributed by atoms with E-state index in [0.717, 1.165) is 18.5 Å². The number of ether oxygens (including phenoxy) is 1. The summed E-state index contributed by atoms with van der Waals surface area (Å²) < 4.78 is 5.29. The lowest BCUT2D eigenvalue weighted by molar-refractivity contribution is -0.121. The number of carbonyl (C=O) groups is 2. The summed E-state index contributed by atoms with van der Waals surface area (Å²) in [5.74, 6) is 0.742. The van der Waals surface area contributed by atoms with Gasteiger partial charge >= 0.3 is 6.03 Å². The second-order valence-corrected chi connectivity index (χ2v) is 7.10. The number of piperidine rings is 1. The average molecular weight is 381 g/mol. The molecule has 1 atom stereocenters. The minimum absolute atomic E-state index is 0.0170. The number of amides is 3. The van der Waals surface area contributed by atoms with Crippen LogP contribution in [0, 0.1) is 11.8 Å². The summed E-state index contributed by atoms with van der Waals surface area (Å²) in [6, 6.07) is 16.7. The van der Waals surface area contributed by atoms with Crippen molar-refractivity contribution in [2.75, 3.05) is 30.8 Å². The normalized spacial score (nSPS) is 15.6. The van der Waals surface area contributed by atoms with Crippen molar-refractivity contribution in [1.82, 2.24) is 4.90 Å². The maximum absolute atomic E-state index is 12.7. The van der Waals surface area contributed by atoms with Gasteiger partial charge in [0.25, 0.3) is 0 Å². The number of urea groups is 1. The summed E-state index contributed by atoms with van der Waals surface area (Å²) in [6.45, 7) is 3.25. The van der Waals surface area contributed by atoms with E-state index in [-0.39, 0.29) is 23.8 Å². The van der Waals surface area contributed by atoms with Crippen LogP contribution >= 0.6 is 0 Å². The van der Waals surface area contributed by atoms with Crippen LogP contribution in [0.1, 0.15) is 19.8 Å². The van der Waals surface area contributed by atoms with Crippen molar-refractivity contribution in [3.05, 3.63) is 54.6 Å². The standard InChI is InChI=1S/C22H27N3O3/c1-16(21(26)24-19-10-6-7-11-20(19)28-2)17-12-14-25(15-13-17)22(27)23-18-8-4-3-5-9-18/h3-11,16-17H,12-15H2,1-2H3,(H,23,27)(H,24,26). The van der Waals surface area contributed by atoms with E-state index in [9.17, 15) is 9.59 Å². The summed E-state index contributed by atoms with van der Waals surface area (Å²) in [4.78, 5) is 26.9. The zero-order valence-electron chi connectivity index (χ0n) is 16.4. The van der Waals surface area contributed by atoms with Crippen molar-refractivity contribution in [1.29, 1.82) is 0 Å². The molecule has 0 saturated carbocycles. The monoisotopic (exact) mass is 381 g/mol. The minimum Gasteiger partial charge on any atom is -0.495 e. The van der Waals surface area contributed by atoms with Crippen LogP contribution in [-0.4, -0.2) is 37.0 Å². The first-order chi connectivity index (χ1) is 13.6. The SMILES string of the molecule is COc1ccccc1NC(=O)C(C)C1CCN(C(=O)Nc2ccccc2)CC1. The Bertz CT molecular complexity index is 802. The highest BCUT2D eigenvalue weighted by atomic mass is 16.5. The van der Waals surface area contributed by atoms with Crippen molar-refractivity contribution in [3.63, 3.8) is 0 Å². The molecule has 2 N–H and O–H groups in total. The lowest BCUT2D eigenvalue weighted by atomic mass is 9.85. The number of nitrogens with zero attached hydrogens (tertiary/aromatic N) is 1. The van der Waals surface area contributed by atoms with E-state index < -0.39 is 0 Å². The molecule has 6 heteroatoms. The van der Waals surface area contributed by atoms with E-state index in [1.54, 1.807) is 7.11 Å². The Morgan fingerprint density at radius 3 is 2.32 bits per heavy atom. The van der Waals surface area contributed by atoms with Gasteiger partial charge in [-0.2, -0.15) is 0 Å². The van der Waals surface area contributed by atoms with E-state index in [0.29, 0.717) is 24.5 Å². The average Bonchev–Trinajstić information content (AvgIpc) is 2.74. The van der Waals surface area contributed by atoms with Gasteiger partial charge in [0.15, 0.2) is 0 Å². The number of carbonyl (C=O) groups excluding carboxylic acids is 2. The molecule has 6 nitrogen and oxygen atoms in total. The van der Waals surface area contributed by atoms with Crippen molar-refractivity contribution in [2.24, 2.45) is 11.8 Å². The van der Waals surface area contributed by atoms with Crippen LogP contribution in [0.2, 0.25) is 0 Å². The smallest absolute Gasteiger partial charge is 0.321 e. The summed E-state index contributed by atoms with van der Waals surface area (Å²) in [6.07, 6.45) is 1.62. The molecule has 0 aromatic heterocycles. The molecule has 3 amide bonds. The quantitative estimate of drug-likeness (QED) is 0.815. The Labute approximate surface area is 165 Å². The second-order valence-electron chi connectivity index (χ2n) is 7.10. The van der Waals surface area contributed by atoms with Crippen molar-refractivity contribution >= 4 is 23.3 Å². The number of hydrogen-bond donors (Lipinski definition) is 2. The van der Waals surface area contributed by atoms with Crippen molar-refractivity contribution in [2.45, 2.75) is 19.8 Å². The Hall–Kier alpha value is -3.02. The summed E-state index contributed by atoms with van der Waals surface area (Å²) >= 11 is 0. The highest BCUT2D eigenvalue weighted by Crippen LogP contribution is 2.28. The lowest BCUT2D eigenvalue weighted by Gasteiger charge is -2.34. The molecule has 1 unspecified atom stereocenters. The molecule has 0 aliphatic carbocycles. The third kappa shape index (κ3) is 4.82. The van der Waals surface area contributed by atoms with Crippen LogP contribution in [0.4, 0.5) is 16.2 Å². The third-order valence-electron chi connectivity index (χ3n) is 5.34. The third-order valence-corrected chi connectivity index (χ3v) is 5.34. The van der Waals surface area contributed by atoms with Crippen molar-refractivity contribution < 1.29 is 14.3 Å². The molecule has 2 aromatic rings. The van der Waals surface area contributed by atoms with Crippen LogP contribution < -0.4 is 15.4 Å². The van der Waals surface area contributed by atoms with E-state index >= 15 is 0 Å². The number of methoxy groups -OCH3 is 1. The van der Waals surface area contributed by atoms with Gasteiger partial charge in [-0.15, -0.1) is 0 Å². The maximum atomic E-state index is 12.7. The zero-order chi connectivity index (χ0) is 19.9. The van der Waals surface area contributed by atoms with Crippen LogP contribution in [0.5, 0.6) is 5.75 Å². The first-order valence-corrected chi connectivity index (χ1v) is 9.63. The van der Waals surface area contributed by atoms with Crippen LogP contribution in [-0.2, 0) is 4.79 Å². The zero-order valence-corrected chi connectivity index (χ0v) is 16.4. The lowest BCUT2D eigenvalue weighted by Crippen LogP contribution is -2.43. The summed E-state index contributed by atoms with van der Waals surface area (Å²) in [5.41, 5.74) is 1.47. The van der Waals surface area contributed by atoms with Gasteiger partial charge in [0.1, 0.15) is 5.75 Å². The summed E-state index contributed by atoms with van der Waals surface area (Å²) in [5, 5.41) is 5.89. The molecular weight excluding hydrogens is 354 g/mol. The number of para-hydroxylation sites is 3. The predicted molar refractivity (Wildman–Crippen MR) is 111 cm³/mol. The van der Waals surface area contributed by atoms with Crippen LogP contribution in [0.3, 0.4) is 0 Å². The largest absolute Gasteiger partial charge is 0.495 e. The molecule has 0 bridgehead atoms. The Morgan fingerprint density at radius 2 is 1.64 bits per heavy atom. The van der Waals surface area contributed by atoms with Gasteiger partial charge in [-0.25, -0.2) is 4.79 Å². The number of anilines is 2. The maximum Gasteiger partial charge on any atom is 0.321 e. The Kier molecular flexibility index (Phi) is 6.53. The minimum atomic E-state index is -0.135. The molecule has 1 heterocycles. The van der Waals surface area contributed by atoms with Gasteiger partial charge in [0.05, 0.1) is 12.8 Å². The van der Waals surface area contributed by atoms with Gasteiger partial charge < -0.3 is 20.3 Å². The van der Waals surface area contributed by atoms with Crippen LogP contribution in [0.15, 0.2) is 54.6 Å². The van der Waals surface area contributed by atoms with Crippen LogP contribution in [0.25, 0.3) is 0 Å². The number of benzene rings is 2. The Balaban J connectivity index is 1.51. The number of hydrogen-bond acceptors (Lipinski definition) is 3. The molecule has 3 rings (SSSR count).